The summed E-state index contributed by atoms with van der Waals surface area (Å²) < 4.78 is 5.32. The van der Waals surface area contributed by atoms with Crippen LogP contribution < -0.4 is 0 Å². The van der Waals surface area contributed by atoms with Crippen molar-refractivity contribution in [2.75, 3.05) is 6.79 Å². The Morgan fingerprint density at radius 3 is 2.59 bits per heavy atom. The maximum atomic E-state index is 11.2. The van der Waals surface area contributed by atoms with Crippen LogP contribution in [0.25, 0.3) is 0 Å². The van der Waals surface area contributed by atoms with E-state index in [0.717, 1.165) is 12.8 Å². The van der Waals surface area contributed by atoms with Gasteiger partial charge in [-0.05, 0) is 36.0 Å². The fourth-order valence-corrected chi connectivity index (χ4v) is 4.43. The fraction of sp³-hybridized carbons (Fsp3) is 1.00. The summed E-state index contributed by atoms with van der Waals surface area (Å²) in [5, 5.41) is 11.2. The Kier molecular flexibility index (Phi) is 2.41. The third-order valence-electron chi connectivity index (χ3n) is 5.77. The zero-order chi connectivity index (χ0) is 12.3. The van der Waals surface area contributed by atoms with Crippen molar-refractivity contribution in [3.8, 4) is 0 Å². The molecule has 2 aliphatic carbocycles. The van der Waals surface area contributed by atoms with E-state index in [2.05, 4.69) is 20.8 Å². The van der Waals surface area contributed by atoms with E-state index in [1.807, 2.05) is 0 Å². The zero-order valence-corrected chi connectivity index (χ0v) is 10.9. The lowest BCUT2D eigenvalue weighted by atomic mass is 9.59. The third kappa shape index (κ3) is 1.38. The SMILES string of the molecule is CC1(C)[C@H]2CC[C@](C)(C2)[C@]1(O)CC1OCOO1. The highest BCUT2D eigenvalue weighted by Crippen LogP contribution is 2.69. The first-order valence-electron chi connectivity index (χ1n) is 6.51. The van der Waals surface area contributed by atoms with Gasteiger partial charge in [0.2, 0.25) is 0 Å². The van der Waals surface area contributed by atoms with Gasteiger partial charge in [-0.1, -0.05) is 20.8 Å². The molecule has 2 saturated carbocycles. The number of ether oxygens (including phenoxy) is 1. The van der Waals surface area contributed by atoms with E-state index in [-0.39, 0.29) is 17.6 Å². The van der Waals surface area contributed by atoms with Crippen molar-refractivity contribution in [1.82, 2.24) is 0 Å². The second-order valence-electron chi connectivity index (χ2n) is 6.71. The molecule has 17 heavy (non-hydrogen) atoms. The molecule has 3 aliphatic rings. The molecule has 1 heterocycles. The molecule has 0 aromatic heterocycles. The maximum absolute atomic E-state index is 11.2. The van der Waals surface area contributed by atoms with Crippen molar-refractivity contribution in [3.05, 3.63) is 0 Å². The molecule has 4 atom stereocenters. The molecular weight excluding hydrogens is 220 g/mol. The summed E-state index contributed by atoms with van der Waals surface area (Å²) in [6.07, 6.45) is 3.53. The van der Waals surface area contributed by atoms with Gasteiger partial charge in [-0.25, -0.2) is 9.78 Å². The van der Waals surface area contributed by atoms with Crippen LogP contribution in [0.15, 0.2) is 0 Å². The Balaban J connectivity index is 1.88. The van der Waals surface area contributed by atoms with Crippen LogP contribution in [0.3, 0.4) is 0 Å². The van der Waals surface area contributed by atoms with Gasteiger partial charge >= 0.3 is 0 Å². The highest BCUT2D eigenvalue weighted by Gasteiger charge is 2.68. The van der Waals surface area contributed by atoms with Gasteiger partial charge in [-0.15, -0.1) is 0 Å². The average molecular weight is 242 g/mol. The molecule has 4 nitrogen and oxygen atoms in total. The van der Waals surface area contributed by atoms with Crippen LogP contribution in [0.4, 0.5) is 0 Å². The van der Waals surface area contributed by atoms with Crippen molar-refractivity contribution in [2.45, 2.75) is 58.3 Å². The number of rotatable bonds is 2. The molecular formula is C13H22O4. The molecule has 0 aromatic carbocycles. The van der Waals surface area contributed by atoms with Gasteiger partial charge < -0.3 is 9.84 Å². The van der Waals surface area contributed by atoms with Crippen molar-refractivity contribution >= 4 is 0 Å². The molecule has 98 valence electrons. The van der Waals surface area contributed by atoms with E-state index in [9.17, 15) is 5.11 Å². The summed E-state index contributed by atoms with van der Waals surface area (Å²) in [5.41, 5.74) is -0.799. The minimum atomic E-state index is -0.721. The smallest absolute Gasteiger partial charge is 0.196 e. The Bertz CT molecular complexity index is 317. The van der Waals surface area contributed by atoms with Crippen LogP contribution in [-0.4, -0.2) is 23.8 Å². The molecule has 0 spiro atoms. The fourth-order valence-electron chi connectivity index (χ4n) is 4.43. The van der Waals surface area contributed by atoms with Crippen LogP contribution in [0.5, 0.6) is 0 Å². The van der Waals surface area contributed by atoms with Crippen LogP contribution in [-0.2, 0) is 14.5 Å². The number of hydrogen-bond donors (Lipinski definition) is 1. The Morgan fingerprint density at radius 2 is 2.06 bits per heavy atom. The summed E-state index contributed by atoms with van der Waals surface area (Å²) in [6.45, 7) is 6.73. The first kappa shape index (κ1) is 11.9. The largest absolute Gasteiger partial charge is 0.389 e. The maximum Gasteiger partial charge on any atom is 0.196 e. The van der Waals surface area contributed by atoms with Crippen molar-refractivity contribution in [2.24, 2.45) is 16.7 Å². The Hall–Kier alpha value is -0.160. The minimum absolute atomic E-state index is 0.00350. The summed E-state index contributed by atoms with van der Waals surface area (Å²) in [5.74, 6) is 0.611. The second kappa shape index (κ2) is 3.44. The van der Waals surface area contributed by atoms with E-state index in [1.54, 1.807) is 0 Å². The van der Waals surface area contributed by atoms with E-state index in [1.165, 1.54) is 6.42 Å². The van der Waals surface area contributed by atoms with Gasteiger partial charge in [-0.3, -0.25) is 0 Å². The van der Waals surface area contributed by atoms with E-state index >= 15 is 0 Å². The number of aliphatic hydroxyl groups is 1. The summed E-state index contributed by atoms with van der Waals surface area (Å²) in [4.78, 5) is 9.80. The van der Waals surface area contributed by atoms with E-state index < -0.39 is 11.9 Å². The van der Waals surface area contributed by atoms with Crippen LogP contribution in [0.2, 0.25) is 0 Å². The van der Waals surface area contributed by atoms with Gasteiger partial charge in [-0.2, -0.15) is 0 Å². The van der Waals surface area contributed by atoms with Gasteiger partial charge in [0, 0.05) is 6.42 Å². The number of fused-ring (bicyclic) bond motifs is 2. The van der Waals surface area contributed by atoms with E-state index in [0.29, 0.717) is 12.3 Å². The molecule has 0 aromatic rings. The average Bonchev–Trinajstić information content (AvgIpc) is 2.89. The molecule has 1 saturated heterocycles. The van der Waals surface area contributed by atoms with Gasteiger partial charge in [0.05, 0.1) is 5.60 Å². The quantitative estimate of drug-likeness (QED) is 0.754. The molecule has 3 rings (SSSR count). The zero-order valence-electron chi connectivity index (χ0n) is 10.9. The molecule has 4 heteroatoms. The van der Waals surface area contributed by atoms with Crippen molar-refractivity contribution in [3.63, 3.8) is 0 Å². The molecule has 3 fully saturated rings. The molecule has 0 radical (unpaired) electrons. The topological polar surface area (TPSA) is 47.9 Å². The second-order valence-corrected chi connectivity index (χ2v) is 6.71. The van der Waals surface area contributed by atoms with Crippen LogP contribution >= 0.6 is 0 Å². The van der Waals surface area contributed by atoms with Gasteiger partial charge in [0.25, 0.3) is 0 Å². The highest BCUT2D eigenvalue weighted by atomic mass is 17.3. The van der Waals surface area contributed by atoms with Crippen LogP contribution in [0, 0.1) is 16.7 Å². The lowest BCUT2D eigenvalue weighted by molar-refractivity contribution is -0.293. The predicted molar refractivity (Wildman–Crippen MR) is 60.7 cm³/mol. The molecule has 1 aliphatic heterocycles. The lowest BCUT2D eigenvalue weighted by Gasteiger charge is -2.51. The third-order valence-corrected chi connectivity index (χ3v) is 5.77. The summed E-state index contributed by atoms with van der Waals surface area (Å²) in [6, 6.07) is 0. The van der Waals surface area contributed by atoms with Crippen molar-refractivity contribution in [1.29, 1.82) is 0 Å². The first-order valence-corrected chi connectivity index (χ1v) is 6.51. The van der Waals surface area contributed by atoms with E-state index in [4.69, 9.17) is 14.5 Å². The molecule has 2 bridgehead atoms. The van der Waals surface area contributed by atoms with Crippen LogP contribution in [0.1, 0.15) is 46.5 Å². The molecule has 1 N–H and O–H groups in total. The van der Waals surface area contributed by atoms with Crippen molar-refractivity contribution < 1.29 is 19.6 Å². The minimum Gasteiger partial charge on any atom is -0.389 e. The Labute approximate surface area is 102 Å². The lowest BCUT2D eigenvalue weighted by Crippen LogP contribution is -2.55. The normalized spacial score (nSPS) is 52.2. The number of hydrogen-bond acceptors (Lipinski definition) is 4. The van der Waals surface area contributed by atoms with Gasteiger partial charge in [0.15, 0.2) is 13.1 Å². The standard InChI is InChI=1S/C13H22O4/c1-11(2)9-4-5-12(3,6-9)13(11,14)7-10-15-8-16-17-10/h9-10,14H,4-8H2,1-3H3/t9-,10?,12+,13-/m0/s1. The monoisotopic (exact) mass is 242 g/mol. The molecule has 0 amide bonds. The highest BCUT2D eigenvalue weighted by molar-refractivity contribution is 5.18. The Morgan fingerprint density at radius 1 is 1.29 bits per heavy atom. The summed E-state index contributed by atoms with van der Waals surface area (Å²) >= 11 is 0. The predicted octanol–water partition coefficient (Wildman–Crippen LogP) is 2.22. The summed E-state index contributed by atoms with van der Waals surface area (Å²) in [7, 11) is 0. The van der Waals surface area contributed by atoms with Gasteiger partial charge in [0.1, 0.15) is 0 Å². The first-order chi connectivity index (χ1) is 7.89. The molecule has 1 unspecified atom stereocenters.